The van der Waals surface area contributed by atoms with E-state index in [2.05, 4.69) is 0 Å². The number of hydrogen-bond donors (Lipinski definition) is 1. The third kappa shape index (κ3) is 2.81. The molecule has 1 aliphatic rings. The molecule has 70 valence electrons. The zero-order valence-corrected chi connectivity index (χ0v) is 7.59. The summed E-state index contributed by atoms with van der Waals surface area (Å²) in [6.45, 7) is 1.24. The van der Waals surface area contributed by atoms with E-state index in [1.54, 1.807) is 4.90 Å². The number of carbonyl (C=O) groups excluding carboxylic acids is 1. The van der Waals surface area contributed by atoms with Crippen LogP contribution >= 0.6 is 0 Å². The maximum Gasteiger partial charge on any atom is 0.223 e. The maximum absolute atomic E-state index is 11.4. The van der Waals surface area contributed by atoms with Gasteiger partial charge in [-0.05, 0) is 12.8 Å². The maximum atomic E-state index is 11.4. The molecule has 1 saturated heterocycles. The van der Waals surface area contributed by atoms with E-state index in [0.29, 0.717) is 13.1 Å². The van der Waals surface area contributed by atoms with Gasteiger partial charge in [0.15, 0.2) is 0 Å². The minimum Gasteiger partial charge on any atom is -0.330 e. The SMILES string of the molecule is NCN1CCCCCCCC1=O. The molecule has 0 bridgehead atoms. The van der Waals surface area contributed by atoms with Crippen molar-refractivity contribution in [3.05, 3.63) is 0 Å². The third-order valence-electron chi connectivity index (χ3n) is 2.39. The molecule has 1 aliphatic heterocycles. The average molecular weight is 170 g/mol. The van der Waals surface area contributed by atoms with Gasteiger partial charge in [-0.2, -0.15) is 0 Å². The number of hydrogen-bond acceptors (Lipinski definition) is 2. The first-order valence-corrected chi connectivity index (χ1v) is 4.82. The number of nitrogens with two attached hydrogens (primary N) is 1. The van der Waals surface area contributed by atoms with Crippen molar-refractivity contribution in [3.63, 3.8) is 0 Å². The smallest absolute Gasteiger partial charge is 0.223 e. The molecule has 0 unspecified atom stereocenters. The topological polar surface area (TPSA) is 46.3 Å². The van der Waals surface area contributed by atoms with Crippen molar-refractivity contribution in [1.82, 2.24) is 4.90 Å². The van der Waals surface area contributed by atoms with E-state index in [-0.39, 0.29) is 5.91 Å². The number of carbonyl (C=O) groups is 1. The van der Waals surface area contributed by atoms with Crippen molar-refractivity contribution in [2.75, 3.05) is 13.2 Å². The van der Waals surface area contributed by atoms with Crippen LogP contribution in [0.2, 0.25) is 0 Å². The van der Waals surface area contributed by atoms with E-state index in [1.807, 2.05) is 0 Å². The van der Waals surface area contributed by atoms with Gasteiger partial charge >= 0.3 is 0 Å². The van der Waals surface area contributed by atoms with E-state index in [9.17, 15) is 4.79 Å². The van der Waals surface area contributed by atoms with E-state index < -0.39 is 0 Å². The van der Waals surface area contributed by atoms with Crippen LogP contribution in [0.1, 0.15) is 38.5 Å². The summed E-state index contributed by atoms with van der Waals surface area (Å²) in [6.07, 6.45) is 6.55. The highest BCUT2D eigenvalue weighted by Crippen LogP contribution is 2.11. The Morgan fingerprint density at radius 3 is 2.58 bits per heavy atom. The van der Waals surface area contributed by atoms with Crippen LogP contribution in [-0.2, 0) is 4.79 Å². The molecule has 0 aromatic carbocycles. The summed E-state index contributed by atoms with van der Waals surface area (Å²) < 4.78 is 0. The summed E-state index contributed by atoms with van der Waals surface area (Å²) in [5.74, 6) is 0.236. The Kier molecular flexibility index (Phi) is 4.08. The van der Waals surface area contributed by atoms with Crippen LogP contribution in [0.5, 0.6) is 0 Å². The van der Waals surface area contributed by atoms with Gasteiger partial charge in [0.05, 0.1) is 6.67 Å². The Morgan fingerprint density at radius 2 is 1.83 bits per heavy atom. The van der Waals surface area contributed by atoms with Crippen LogP contribution in [0, 0.1) is 0 Å². The third-order valence-corrected chi connectivity index (χ3v) is 2.39. The second kappa shape index (κ2) is 5.14. The first-order valence-electron chi connectivity index (χ1n) is 4.82. The lowest BCUT2D eigenvalue weighted by molar-refractivity contribution is -0.131. The van der Waals surface area contributed by atoms with Gasteiger partial charge in [0.1, 0.15) is 0 Å². The summed E-state index contributed by atoms with van der Waals surface area (Å²) in [5, 5.41) is 0. The first-order chi connectivity index (χ1) is 5.84. The fourth-order valence-electron chi connectivity index (χ4n) is 1.59. The Labute approximate surface area is 73.9 Å². The van der Waals surface area contributed by atoms with Gasteiger partial charge in [-0.1, -0.05) is 19.3 Å². The summed E-state index contributed by atoms with van der Waals surface area (Å²) in [7, 11) is 0. The fourth-order valence-corrected chi connectivity index (χ4v) is 1.59. The van der Waals surface area contributed by atoms with E-state index in [0.717, 1.165) is 19.4 Å². The lowest BCUT2D eigenvalue weighted by Gasteiger charge is -2.19. The Morgan fingerprint density at radius 1 is 1.17 bits per heavy atom. The zero-order chi connectivity index (χ0) is 8.81. The zero-order valence-electron chi connectivity index (χ0n) is 7.59. The highest BCUT2D eigenvalue weighted by Gasteiger charge is 2.12. The fraction of sp³-hybridized carbons (Fsp3) is 0.889. The molecular weight excluding hydrogens is 152 g/mol. The molecule has 3 nitrogen and oxygen atoms in total. The van der Waals surface area contributed by atoms with Gasteiger partial charge in [-0.15, -0.1) is 0 Å². The van der Waals surface area contributed by atoms with Crippen molar-refractivity contribution in [3.8, 4) is 0 Å². The number of amides is 1. The predicted molar refractivity (Wildman–Crippen MR) is 48.5 cm³/mol. The van der Waals surface area contributed by atoms with Crippen LogP contribution in [-0.4, -0.2) is 24.0 Å². The van der Waals surface area contributed by atoms with Crippen molar-refractivity contribution in [2.45, 2.75) is 38.5 Å². The first kappa shape index (κ1) is 9.52. The molecule has 12 heavy (non-hydrogen) atoms. The second-order valence-electron chi connectivity index (χ2n) is 3.36. The largest absolute Gasteiger partial charge is 0.330 e. The molecule has 0 aromatic rings. The molecule has 1 rings (SSSR count). The quantitative estimate of drug-likeness (QED) is 0.640. The molecule has 0 spiro atoms. The molecule has 2 N–H and O–H groups in total. The minimum atomic E-state index is 0.236. The monoisotopic (exact) mass is 170 g/mol. The van der Waals surface area contributed by atoms with Gasteiger partial charge in [-0.3, -0.25) is 4.79 Å². The van der Waals surface area contributed by atoms with Crippen LogP contribution in [0.4, 0.5) is 0 Å². The van der Waals surface area contributed by atoms with Crippen LogP contribution in [0.3, 0.4) is 0 Å². The highest BCUT2D eigenvalue weighted by atomic mass is 16.2. The Bertz CT molecular complexity index is 147. The number of nitrogens with zero attached hydrogens (tertiary/aromatic N) is 1. The molecule has 0 saturated carbocycles. The standard InChI is InChI=1S/C9H18N2O/c10-8-11-7-5-3-1-2-4-6-9(11)12/h1-8,10H2. The van der Waals surface area contributed by atoms with Crippen LogP contribution < -0.4 is 5.73 Å². The minimum absolute atomic E-state index is 0.236. The van der Waals surface area contributed by atoms with Gasteiger partial charge in [0.25, 0.3) is 0 Å². The second-order valence-corrected chi connectivity index (χ2v) is 3.36. The molecule has 0 atom stereocenters. The van der Waals surface area contributed by atoms with Crippen molar-refractivity contribution in [2.24, 2.45) is 5.73 Å². The Balaban J connectivity index is 2.41. The van der Waals surface area contributed by atoms with Crippen LogP contribution in [0.15, 0.2) is 0 Å². The van der Waals surface area contributed by atoms with E-state index >= 15 is 0 Å². The summed E-state index contributed by atoms with van der Waals surface area (Å²) in [5.41, 5.74) is 5.47. The lowest BCUT2D eigenvalue weighted by Crippen LogP contribution is -2.36. The van der Waals surface area contributed by atoms with Crippen molar-refractivity contribution >= 4 is 5.91 Å². The summed E-state index contributed by atoms with van der Waals surface area (Å²) >= 11 is 0. The summed E-state index contributed by atoms with van der Waals surface area (Å²) in [4.78, 5) is 13.2. The molecule has 0 aromatic heterocycles. The van der Waals surface area contributed by atoms with Gasteiger partial charge < -0.3 is 10.6 Å². The normalized spacial score (nSPS) is 21.4. The van der Waals surface area contributed by atoms with Gasteiger partial charge in [0.2, 0.25) is 5.91 Å². The number of rotatable bonds is 1. The van der Waals surface area contributed by atoms with E-state index in [1.165, 1.54) is 19.3 Å². The molecule has 1 amide bonds. The van der Waals surface area contributed by atoms with Crippen molar-refractivity contribution < 1.29 is 4.79 Å². The molecule has 0 radical (unpaired) electrons. The van der Waals surface area contributed by atoms with Gasteiger partial charge in [-0.25, -0.2) is 0 Å². The predicted octanol–water partition coefficient (Wildman–Crippen LogP) is 1.09. The average Bonchev–Trinajstić information content (AvgIpc) is 2.17. The summed E-state index contributed by atoms with van der Waals surface area (Å²) in [6, 6.07) is 0. The molecule has 3 heteroatoms. The molecular formula is C9H18N2O. The van der Waals surface area contributed by atoms with Gasteiger partial charge in [0, 0.05) is 13.0 Å². The Hall–Kier alpha value is -0.570. The molecule has 0 aliphatic carbocycles. The highest BCUT2D eigenvalue weighted by molar-refractivity contribution is 5.76. The molecule has 1 fully saturated rings. The van der Waals surface area contributed by atoms with Crippen molar-refractivity contribution in [1.29, 1.82) is 0 Å². The molecule has 1 heterocycles. The van der Waals surface area contributed by atoms with E-state index in [4.69, 9.17) is 5.73 Å². The lowest BCUT2D eigenvalue weighted by atomic mass is 10.1. The van der Waals surface area contributed by atoms with Crippen LogP contribution in [0.25, 0.3) is 0 Å².